The van der Waals surface area contributed by atoms with Crippen LogP contribution in [0.15, 0.2) is 25.3 Å². The quantitative estimate of drug-likeness (QED) is 0.232. The summed E-state index contributed by atoms with van der Waals surface area (Å²) in [6.45, 7) is 17.9. The fourth-order valence-corrected chi connectivity index (χ4v) is 2.53. The summed E-state index contributed by atoms with van der Waals surface area (Å²) in [4.78, 5) is 21.4. The van der Waals surface area contributed by atoms with Gasteiger partial charge in [0.2, 0.25) is 0 Å². The summed E-state index contributed by atoms with van der Waals surface area (Å²) in [6.07, 6.45) is 10.3. The molecule has 0 spiro atoms. The van der Waals surface area contributed by atoms with Gasteiger partial charge in [-0.15, -0.1) is 0 Å². The molecule has 0 aliphatic rings. The van der Waals surface area contributed by atoms with Crippen LogP contribution in [0.4, 0.5) is 0 Å². The van der Waals surface area contributed by atoms with Crippen LogP contribution in [-0.2, 0) is 19.1 Å². The Labute approximate surface area is 161 Å². The fourth-order valence-electron chi connectivity index (χ4n) is 2.53. The molecule has 0 amide bonds. The number of carbonyl (C=O) groups is 2. The van der Waals surface area contributed by atoms with Crippen molar-refractivity contribution in [3.05, 3.63) is 25.3 Å². The lowest BCUT2D eigenvalue weighted by molar-refractivity contribution is -0.143. The van der Waals surface area contributed by atoms with Crippen molar-refractivity contribution in [1.82, 2.24) is 0 Å². The summed E-state index contributed by atoms with van der Waals surface area (Å²) in [5.41, 5.74) is 0. The first kappa shape index (κ1) is 26.6. The second-order valence-corrected chi connectivity index (χ2v) is 7.20. The maximum atomic E-state index is 10.8. The first-order valence-corrected chi connectivity index (χ1v) is 9.88. The van der Waals surface area contributed by atoms with Crippen LogP contribution in [0.3, 0.4) is 0 Å². The van der Waals surface area contributed by atoms with E-state index in [4.69, 9.17) is 9.47 Å². The summed E-state index contributed by atoms with van der Waals surface area (Å²) in [5.74, 6) is 0.758. The van der Waals surface area contributed by atoms with Gasteiger partial charge in [0.1, 0.15) is 0 Å². The summed E-state index contributed by atoms with van der Waals surface area (Å²) in [7, 11) is 0. The standard InChI is InChI=1S/2C11H20O2/c1-5-7-9(3)8-10(4)13-11(12)6-2;1-4-11(12)13-9-7-5-6-8-10(2)3/h6,9-10H,2,5,7-8H2,1,3-4H3;4,10H,1,5-9H2,2-3H3. The van der Waals surface area contributed by atoms with Gasteiger partial charge in [-0.05, 0) is 31.6 Å². The minimum absolute atomic E-state index is 0.00653. The maximum absolute atomic E-state index is 10.8. The molecule has 2 unspecified atom stereocenters. The molecule has 2 atom stereocenters. The second kappa shape index (κ2) is 18.2. The molecule has 0 aliphatic carbocycles. The van der Waals surface area contributed by atoms with E-state index in [9.17, 15) is 9.59 Å². The SMILES string of the molecule is C=CC(=O)OC(C)CC(C)CCC.C=CC(=O)OCCCCCC(C)C. The van der Waals surface area contributed by atoms with Gasteiger partial charge >= 0.3 is 11.9 Å². The van der Waals surface area contributed by atoms with Gasteiger partial charge in [0, 0.05) is 12.2 Å². The number of hydrogen-bond acceptors (Lipinski definition) is 4. The zero-order valence-electron chi connectivity index (χ0n) is 17.6. The van der Waals surface area contributed by atoms with Crippen molar-refractivity contribution in [1.29, 1.82) is 0 Å². The number of unbranched alkanes of at least 4 members (excludes halogenated alkanes) is 2. The van der Waals surface area contributed by atoms with E-state index in [0.717, 1.165) is 25.2 Å². The highest BCUT2D eigenvalue weighted by molar-refractivity contribution is 5.81. The molecule has 0 aromatic carbocycles. The summed E-state index contributed by atoms with van der Waals surface area (Å²) in [5, 5.41) is 0. The number of carbonyl (C=O) groups excluding carboxylic acids is 2. The molecule has 0 heterocycles. The van der Waals surface area contributed by atoms with Gasteiger partial charge in [-0.25, -0.2) is 9.59 Å². The van der Waals surface area contributed by atoms with Crippen molar-refractivity contribution < 1.29 is 19.1 Å². The third-order valence-corrected chi connectivity index (χ3v) is 3.84. The maximum Gasteiger partial charge on any atom is 0.330 e. The van der Waals surface area contributed by atoms with E-state index in [1.807, 2.05) is 6.92 Å². The molecule has 4 heteroatoms. The van der Waals surface area contributed by atoms with Crippen LogP contribution in [0.2, 0.25) is 0 Å². The van der Waals surface area contributed by atoms with E-state index >= 15 is 0 Å². The van der Waals surface area contributed by atoms with Crippen LogP contribution in [0, 0.1) is 11.8 Å². The minimum atomic E-state index is -0.323. The third kappa shape index (κ3) is 20.5. The van der Waals surface area contributed by atoms with Gasteiger partial charge in [-0.1, -0.05) is 73.0 Å². The lowest BCUT2D eigenvalue weighted by atomic mass is 9.99. The highest BCUT2D eigenvalue weighted by atomic mass is 16.5. The molecule has 0 aromatic heterocycles. The smallest absolute Gasteiger partial charge is 0.330 e. The lowest BCUT2D eigenvalue weighted by Crippen LogP contribution is -2.16. The van der Waals surface area contributed by atoms with Crippen molar-refractivity contribution in [2.24, 2.45) is 11.8 Å². The van der Waals surface area contributed by atoms with E-state index in [0.29, 0.717) is 12.5 Å². The molecular weight excluding hydrogens is 328 g/mol. The highest BCUT2D eigenvalue weighted by Gasteiger charge is 2.10. The molecule has 0 rings (SSSR count). The predicted molar refractivity (Wildman–Crippen MR) is 109 cm³/mol. The van der Waals surface area contributed by atoms with Crippen LogP contribution in [-0.4, -0.2) is 24.6 Å². The minimum Gasteiger partial charge on any atom is -0.463 e. The van der Waals surface area contributed by atoms with E-state index in [1.165, 1.54) is 37.8 Å². The van der Waals surface area contributed by atoms with Gasteiger partial charge in [0.15, 0.2) is 0 Å². The number of esters is 2. The molecule has 0 bridgehead atoms. The van der Waals surface area contributed by atoms with Crippen molar-refractivity contribution in [2.75, 3.05) is 6.61 Å². The third-order valence-electron chi connectivity index (χ3n) is 3.84. The Bertz CT molecular complexity index is 388. The monoisotopic (exact) mass is 368 g/mol. The Balaban J connectivity index is 0. The first-order valence-electron chi connectivity index (χ1n) is 9.88. The Morgan fingerprint density at radius 1 is 0.923 bits per heavy atom. The average Bonchev–Trinajstić information content (AvgIpc) is 2.57. The van der Waals surface area contributed by atoms with Crippen LogP contribution >= 0.6 is 0 Å². The zero-order valence-corrected chi connectivity index (χ0v) is 17.6. The summed E-state index contributed by atoms with van der Waals surface area (Å²) in [6, 6.07) is 0. The lowest BCUT2D eigenvalue weighted by Gasteiger charge is -2.16. The largest absolute Gasteiger partial charge is 0.463 e. The van der Waals surface area contributed by atoms with E-state index in [1.54, 1.807) is 0 Å². The highest BCUT2D eigenvalue weighted by Crippen LogP contribution is 2.14. The van der Waals surface area contributed by atoms with E-state index in [-0.39, 0.29) is 18.0 Å². The van der Waals surface area contributed by atoms with Gasteiger partial charge in [0.25, 0.3) is 0 Å². The van der Waals surface area contributed by atoms with Gasteiger partial charge in [-0.2, -0.15) is 0 Å². The van der Waals surface area contributed by atoms with Gasteiger partial charge in [-0.3, -0.25) is 0 Å². The number of hydrogen-bond donors (Lipinski definition) is 0. The van der Waals surface area contributed by atoms with Crippen molar-refractivity contribution in [3.63, 3.8) is 0 Å². The summed E-state index contributed by atoms with van der Waals surface area (Å²) >= 11 is 0. The van der Waals surface area contributed by atoms with Crippen LogP contribution < -0.4 is 0 Å². The average molecular weight is 369 g/mol. The predicted octanol–water partition coefficient (Wildman–Crippen LogP) is 5.86. The number of ether oxygens (including phenoxy) is 2. The zero-order chi connectivity index (χ0) is 20.4. The van der Waals surface area contributed by atoms with Gasteiger partial charge in [0.05, 0.1) is 12.7 Å². The van der Waals surface area contributed by atoms with Gasteiger partial charge < -0.3 is 9.47 Å². The molecule has 0 saturated carbocycles. The fraction of sp³-hybridized carbons (Fsp3) is 0.727. The molecule has 26 heavy (non-hydrogen) atoms. The van der Waals surface area contributed by atoms with Crippen molar-refractivity contribution in [2.45, 2.75) is 85.7 Å². The van der Waals surface area contributed by atoms with Crippen LogP contribution in [0.5, 0.6) is 0 Å². The topological polar surface area (TPSA) is 52.6 Å². The molecule has 0 saturated heterocycles. The normalized spacial score (nSPS) is 12.4. The first-order chi connectivity index (χ1) is 12.3. The molecule has 152 valence electrons. The molecule has 0 fully saturated rings. The summed E-state index contributed by atoms with van der Waals surface area (Å²) < 4.78 is 9.90. The molecule has 0 N–H and O–H groups in total. The molecular formula is C22H40O4. The number of rotatable bonds is 13. The Morgan fingerprint density at radius 2 is 1.54 bits per heavy atom. The molecule has 0 aliphatic heterocycles. The van der Waals surface area contributed by atoms with Crippen LogP contribution in [0.25, 0.3) is 0 Å². The van der Waals surface area contributed by atoms with Crippen LogP contribution in [0.1, 0.15) is 79.6 Å². The Morgan fingerprint density at radius 3 is 2.04 bits per heavy atom. The van der Waals surface area contributed by atoms with E-state index < -0.39 is 0 Å². The van der Waals surface area contributed by atoms with E-state index in [2.05, 4.69) is 40.9 Å². The van der Waals surface area contributed by atoms with Crippen molar-refractivity contribution in [3.8, 4) is 0 Å². The molecule has 0 radical (unpaired) electrons. The molecule has 4 nitrogen and oxygen atoms in total. The Kier molecular flexibility index (Phi) is 18.7. The molecule has 0 aromatic rings. The Hall–Kier alpha value is -1.58. The second-order valence-electron chi connectivity index (χ2n) is 7.20. The van der Waals surface area contributed by atoms with Crippen molar-refractivity contribution >= 4 is 11.9 Å².